The molecule has 0 aliphatic carbocycles. The zero-order chi connectivity index (χ0) is 11.2. The van der Waals surface area contributed by atoms with Crippen molar-refractivity contribution in [1.82, 2.24) is 9.38 Å². The van der Waals surface area contributed by atoms with E-state index in [4.69, 9.17) is 0 Å². The summed E-state index contributed by atoms with van der Waals surface area (Å²) in [7, 11) is 0. The van der Waals surface area contributed by atoms with Crippen molar-refractivity contribution in [3.8, 4) is 0 Å². The summed E-state index contributed by atoms with van der Waals surface area (Å²) in [4.78, 5) is 13.6. The van der Waals surface area contributed by atoms with Gasteiger partial charge in [0.1, 0.15) is 5.69 Å². The zero-order valence-electron chi connectivity index (χ0n) is 7.10. The van der Waals surface area contributed by atoms with Gasteiger partial charge in [-0.25, -0.2) is 4.79 Å². The lowest BCUT2D eigenvalue weighted by molar-refractivity contribution is -0.141. The molecule has 0 saturated heterocycles. The Labute approximate surface area is 95.1 Å². The number of alkyl halides is 3. The fourth-order valence-electron chi connectivity index (χ4n) is 1.34. The monoisotopic (exact) mass is 328 g/mol. The van der Waals surface area contributed by atoms with Crippen LogP contribution in [0.2, 0.25) is 0 Å². The van der Waals surface area contributed by atoms with Gasteiger partial charge in [-0.15, -0.1) is 0 Å². The van der Waals surface area contributed by atoms with E-state index in [-0.39, 0.29) is 5.52 Å². The molecule has 2 aromatic rings. The van der Waals surface area contributed by atoms with Gasteiger partial charge in [-0.3, -0.25) is 4.40 Å². The molecule has 15 heavy (non-hydrogen) atoms. The van der Waals surface area contributed by atoms with Crippen LogP contribution in [0.15, 0.2) is 23.0 Å². The fraction of sp³-hybridized carbons (Fsp3) is 0.125. The molecule has 0 aromatic carbocycles. The quantitative estimate of drug-likeness (QED) is 0.585. The molecule has 1 N–H and O–H groups in total. The molecule has 0 atom stereocenters. The lowest BCUT2D eigenvalue weighted by Crippen LogP contribution is -2.22. The van der Waals surface area contributed by atoms with E-state index in [0.29, 0.717) is 8.10 Å². The lowest BCUT2D eigenvalue weighted by Gasteiger charge is -2.05. The average molecular weight is 328 g/mol. The molecule has 0 fully saturated rings. The minimum atomic E-state index is -4.52. The molecule has 0 saturated carbocycles. The summed E-state index contributed by atoms with van der Waals surface area (Å²) in [6.45, 7) is 0. The number of H-pyrrole nitrogens is 1. The van der Waals surface area contributed by atoms with E-state index < -0.39 is 17.6 Å². The highest BCUT2D eigenvalue weighted by molar-refractivity contribution is 14.1. The van der Waals surface area contributed by atoms with Gasteiger partial charge in [-0.1, -0.05) is 0 Å². The number of nitrogens with one attached hydrogen (secondary N) is 1. The van der Waals surface area contributed by atoms with Crippen molar-refractivity contribution in [2.24, 2.45) is 0 Å². The van der Waals surface area contributed by atoms with Crippen LogP contribution in [0.25, 0.3) is 5.52 Å². The largest absolute Gasteiger partial charge is 0.431 e. The molecule has 0 amide bonds. The minimum absolute atomic E-state index is 0.232. The van der Waals surface area contributed by atoms with Gasteiger partial charge in [-0.2, -0.15) is 13.2 Å². The van der Waals surface area contributed by atoms with Crippen LogP contribution in [0.3, 0.4) is 0 Å². The van der Waals surface area contributed by atoms with E-state index in [1.165, 1.54) is 12.1 Å². The van der Waals surface area contributed by atoms with E-state index in [2.05, 4.69) is 4.98 Å². The predicted molar refractivity (Wildman–Crippen MR) is 55.7 cm³/mol. The van der Waals surface area contributed by atoms with Gasteiger partial charge in [0.25, 0.3) is 0 Å². The Kier molecular flexibility index (Phi) is 2.28. The van der Waals surface area contributed by atoms with E-state index >= 15 is 0 Å². The Balaban J connectivity index is 2.87. The van der Waals surface area contributed by atoms with Crippen molar-refractivity contribution >= 4 is 28.1 Å². The van der Waals surface area contributed by atoms with Crippen LogP contribution < -0.4 is 5.69 Å². The number of halogens is 4. The molecule has 0 radical (unpaired) electrons. The number of fused-ring (bicyclic) bond motifs is 1. The zero-order valence-corrected chi connectivity index (χ0v) is 9.26. The van der Waals surface area contributed by atoms with Crippen molar-refractivity contribution in [1.29, 1.82) is 0 Å². The molecule has 2 rings (SSSR count). The molecule has 0 aliphatic rings. The summed E-state index contributed by atoms with van der Waals surface area (Å²) in [5.74, 6) is 0. The van der Waals surface area contributed by atoms with Gasteiger partial charge in [-0.05, 0) is 40.8 Å². The molecule has 7 heteroatoms. The van der Waals surface area contributed by atoms with Gasteiger partial charge in [0.15, 0.2) is 0 Å². The van der Waals surface area contributed by atoms with Gasteiger partial charge < -0.3 is 4.98 Å². The molecule has 3 nitrogen and oxygen atoms in total. The molecule has 0 unspecified atom stereocenters. The van der Waals surface area contributed by atoms with Gasteiger partial charge in [0, 0.05) is 0 Å². The van der Waals surface area contributed by atoms with Crippen molar-refractivity contribution in [3.63, 3.8) is 0 Å². The second kappa shape index (κ2) is 3.26. The molecular weight excluding hydrogens is 324 g/mol. The third-order valence-corrected chi connectivity index (χ3v) is 2.49. The smallest absolute Gasteiger partial charge is 0.302 e. The first-order chi connectivity index (χ1) is 6.89. The Morgan fingerprint density at radius 1 is 1.33 bits per heavy atom. The summed E-state index contributed by atoms with van der Waals surface area (Å²) in [6.07, 6.45) is -4.52. The lowest BCUT2D eigenvalue weighted by atomic mass is 10.4. The van der Waals surface area contributed by atoms with E-state index in [1.54, 1.807) is 0 Å². The van der Waals surface area contributed by atoms with Crippen LogP contribution in [-0.2, 0) is 6.18 Å². The predicted octanol–water partition coefficient (Wildman–Crippen LogP) is 2.25. The Hall–Kier alpha value is -0.990. The van der Waals surface area contributed by atoms with Crippen LogP contribution in [0.1, 0.15) is 5.69 Å². The summed E-state index contributed by atoms with van der Waals surface area (Å²) in [6, 6.07) is 3.62. The second-order valence-electron chi connectivity index (χ2n) is 2.90. The third-order valence-electron chi connectivity index (χ3n) is 1.91. The van der Waals surface area contributed by atoms with Crippen LogP contribution in [0, 0.1) is 3.70 Å². The van der Waals surface area contributed by atoms with Crippen LogP contribution in [0.4, 0.5) is 13.2 Å². The SMILES string of the molecule is O=c1[nH]c(I)cc2ccc(C(F)(F)F)n12. The summed E-state index contributed by atoms with van der Waals surface area (Å²) in [5.41, 5.74) is -1.51. The van der Waals surface area contributed by atoms with Crippen molar-refractivity contribution < 1.29 is 13.2 Å². The molecule has 80 valence electrons. The Morgan fingerprint density at radius 2 is 2.00 bits per heavy atom. The third kappa shape index (κ3) is 1.75. The van der Waals surface area contributed by atoms with Crippen molar-refractivity contribution in [3.05, 3.63) is 38.1 Å². The topological polar surface area (TPSA) is 37.3 Å². The van der Waals surface area contributed by atoms with Gasteiger partial charge >= 0.3 is 11.9 Å². The van der Waals surface area contributed by atoms with Crippen LogP contribution in [-0.4, -0.2) is 9.38 Å². The highest BCUT2D eigenvalue weighted by atomic mass is 127. The number of aromatic amines is 1. The maximum Gasteiger partial charge on any atom is 0.431 e. The fourth-order valence-corrected chi connectivity index (χ4v) is 1.89. The summed E-state index contributed by atoms with van der Waals surface area (Å²) < 4.78 is 38.5. The maximum absolute atomic E-state index is 12.5. The maximum atomic E-state index is 12.5. The molecule has 0 aliphatic heterocycles. The Bertz CT molecular complexity index is 569. The van der Waals surface area contributed by atoms with E-state index in [0.717, 1.165) is 6.07 Å². The molecule has 2 aromatic heterocycles. The van der Waals surface area contributed by atoms with Crippen LogP contribution >= 0.6 is 22.6 Å². The van der Waals surface area contributed by atoms with E-state index in [9.17, 15) is 18.0 Å². The molecule has 0 spiro atoms. The number of hydrogen-bond acceptors (Lipinski definition) is 1. The summed E-state index contributed by atoms with van der Waals surface area (Å²) >= 11 is 1.83. The Morgan fingerprint density at radius 3 is 2.60 bits per heavy atom. The molecule has 0 bridgehead atoms. The first-order valence-electron chi connectivity index (χ1n) is 3.87. The number of nitrogens with zero attached hydrogens (tertiary/aromatic N) is 1. The minimum Gasteiger partial charge on any atom is -0.302 e. The van der Waals surface area contributed by atoms with Crippen molar-refractivity contribution in [2.75, 3.05) is 0 Å². The standard InChI is InChI=1S/C8H4F3IN2O/c9-8(10,11)5-2-1-4-3-6(12)13-7(15)14(4)5/h1-3H,(H,13,15). The number of rotatable bonds is 0. The molecular formula is C8H4F3IN2O. The van der Waals surface area contributed by atoms with Gasteiger partial charge in [0.2, 0.25) is 0 Å². The first kappa shape index (κ1) is 10.5. The number of aromatic nitrogens is 2. The summed E-state index contributed by atoms with van der Waals surface area (Å²) in [5, 5.41) is 0. The first-order valence-corrected chi connectivity index (χ1v) is 4.95. The highest BCUT2D eigenvalue weighted by Crippen LogP contribution is 2.29. The molecule has 2 heterocycles. The van der Waals surface area contributed by atoms with Gasteiger partial charge in [0.05, 0.1) is 9.22 Å². The average Bonchev–Trinajstić information content (AvgIpc) is 2.45. The van der Waals surface area contributed by atoms with Crippen LogP contribution in [0.5, 0.6) is 0 Å². The second-order valence-corrected chi connectivity index (χ2v) is 4.06. The van der Waals surface area contributed by atoms with E-state index in [1.807, 2.05) is 22.6 Å². The highest BCUT2D eigenvalue weighted by Gasteiger charge is 2.34. The van der Waals surface area contributed by atoms with Crippen molar-refractivity contribution in [2.45, 2.75) is 6.18 Å². The number of hydrogen-bond donors (Lipinski definition) is 1. The normalized spacial score (nSPS) is 12.3.